The van der Waals surface area contributed by atoms with Crippen LogP contribution in [-0.2, 0) is 9.59 Å². The van der Waals surface area contributed by atoms with E-state index < -0.39 is 5.25 Å². The van der Waals surface area contributed by atoms with Crippen LogP contribution >= 0.6 is 23.4 Å². The summed E-state index contributed by atoms with van der Waals surface area (Å²) < 4.78 is 0. The van der Waals surface area contributed by atoms with Gasteiger partial charge in [0.15, 0.2) is 5.17 Å². The fourth-order valence-electron chi connectivity index (χ4n) is 2.19. The fraction of sp³-hybridized carbons (Fsp3) is 0.438. The van der Waals surface area contributed by atoms with Crippen molar-refractivity contribution in [3.63, 3.8) is 0 Å². The number of amides is 2. The summed E-state index contributed by atoms with van der Waals surface area (Å²) in [4.78, 5) is 30.2. The number of halogens is 1. The molecule has 1 aliphatic heterocycles. The minimum absolute atomic E-state index is 0.100. The second-order valence-corrected chi connectivity index (χ2v) is 6.80. The van der Waals surface area contributed by atoms with Gasteiger partial charge in [-0.2, -0.15) is 4.99 Å². The van der Waals surface area contributed by atoms with Crippen LogP contribution in [-0.4, -0.2) is 40.2 Å². The second kappa shape index (κ2) is 7.84. The summed E-state index contributed by atoms with van der Waals surface area (Å²) in [7, 11) is 0. The molecule has 1 aromatic rings. The quantitative estimate of drug-likeness (QED) is 0.882. The zero-order chi connectivity index (χ0) is 17.0. The smallest absolute Gasteiger partial charge is 0.262 e. The molecule has 0 aromatic heterocycles. The first-order valence-corrected chi connectivity index (χ1v) is 8.80. The van der Waals surface area contributed by atoms with Crippen molar-refractivity contribution in [3.05, 3.63) is 28.8 Å². The van der Waals surface area contributed by atoms with Crippen LogP contribution in [0.5, 0.6) is 0 Å². The van der Waals surface area contributed by atoms with Crippen molar-refractivity contribution < 1.29 is 9.59 Å². The van der Waals surface area contributed by atoms with Crippen LogP contribution in [0.15, 0.2) is 23.2 Å². The Morgan fingerprint density at radius 1 is 1.39 bits per heavy atom. The number of nitrogens with zero attached hydrogens (tertiary/aromatic N) is 2. The van der Waals surface area contributed by atoms with Gasteiger partial charge < -0.3 is 10.2 Å². The van der Waals surface area contributed by atoms with Crippen LogP contribution in [0.25, 0.3) is 0 Å². The van der Waals surface area contributed by atoms with Gasteiger partial charge >= 0.3 is 0 Å². The molecule has 0 radical (unpaired) electrons. The summed E-state index contributed by atoms with van der Waals surface area (Å²) in [6.45, 7) is 7.50. The topological polar surface area (TPSA) is 61.8 Å². The van der Waals surface area contributed by atoms with E-state index >= 15 is 0 Å². The van der Waals surface area contributed by atoms with Gasteiger partial charge in [-0.15, -0.1) is 0 Å². The zero-order valence-electron chi connectivity index (χ0n) is 13.4. The van der Waals surface area contributed by atoms with E-state index in [4.69, 9.17) is 11.6 Å². The summed E-state index contributed by atoms with van der Waals surface area (Å²) >= 11 is 7.40. The van der Waals surface area contributed by atoms with Crippen molar-refractivity contribution in [1.82, 2.24) is 4.90 Å². The minimum Gasteiger partial charge on any atom is -0.352 e. The van der Waals surface area contributed by atoms with E-state index in [1.54, 1.807) is 12.1 Å². The zero-order valence-corrected chi connectivity index (χ0v) is 15.0. The summed E-state index contributed by atoms with van der Waals surface area (Å²) in [5.41, 5.74) is 1.58. The lowest BCUT2D eigenvalue weighted by molar-refractivity contribution is -0.121. The predicted molar refractivity (Wildman–Crippen MR) is 96.2 cm³/mol. The molecule has 1 aliphatic rings. The lowest BCUT2D eigenvalue weighted by atomic mass is 10.2. The molecule has 124 valence electrons. The van der Waals surface area contributed by atoms with Crippen LogP contribution in [0.1, 0.15) is 25.8 Å². The number of hydrogen-bond acceptors (Lipinski definition) is 4. The average Bonchev–Trinajstić information content (AvgIpc) is 2.85. The van der Waals surface area contributed by atoms with Gasteiger partial charge in [-0.1, -0.05) is 29.4 Å². The van der Waals surface area contributed by atoms with Crippen LogP contribution in [0, 0.1) is 6.92 Å². The van der Waals surface area contributed by atoms with E-state index in [0.29, 0.717) is 15.9 Å². The van der Waals surface area contributed by atoms with Crippen molar-refractivity contribution in [1.29, 1.82) is 0 Å². The predicted octanol–water partition coefficient (Wildman–Crippen LogP) is 3.32. The van der Waals surface area contributed by atoms with Gasteiger partial charge in [0.2, 0.25) is 5.91 Å². The van der Waals surface area contributed by atoms with Crippen molar-refractivity contribution in [3.8, 4) is 0 Å². The number of carbonyl (C=O) groups excluding carboxylic acids is 2. The van der Waals surface area contributed by atoms with E-state index in [9.17, 15) is 9.59 Å². The first-order valence-electron chi connectivity index (χ1n) is 7.54. The van der Waals surface area contributed by atoms with Gasteiger partial charge in [-0.3, -0.25) is 9.59 Å². The summed E-state index contributed by atoms with van der Waals surface area (Å²) in [5.74, 6) is -0.458. The van der Waals surface area contributed by atoms with Gasteiger partial charge in [0.05, 0.1) is 0 Å². The SMILES string of the molecule is CCN(CC)C1=NC(=O)C(CC(=O)Nc2ccc(C)c(Cl)c2)S1. The van der Waals surface area contributed by atoms with Crippen molar-refractivity contribution in [2.45, 2.75) is 32.4 Å². The highest BCUT2D eigenvalue weighted by atomic mass is 35.5. The van der Waals surface area contributed by atoms with E-state index in [0.717, 1.165) is 18.7 Å². The minimum atomic E-state index is -0.452. The second-order valence-electron chi connectivity index (χ2n) is 5.23. The molecule has 1 N–H and O–H groups in total. The lowest BCUT2D eigenvalue weighted by Crippen LogP contribution is -2.27. The molecule has 1 heterocycles. The highest BCUT2D eigenvalue weighted by molar-refractivity contribution is 8.15. The summed E-state index contributed by atoms with van der Waals surface area (Å²) in [6, 6.07) is 5.34. The van der Waals surface area contributed by atoms with E-state index in [1.807, 2.05) is 31.7 Å². The summed E-state index contributed by atoms with van der Waals surface area (Å²) in [5, 5.41) is 3.63. The van der Waals surface area contributed by atoms with E-state index in [-0.39, 0.29) is 18.2 Å². The van der Waals surface area contributed by atoms with Crippen LogP contribution in [0.4, 0.5) is 5.69 Å². The molecule has 1 atom stereocenters. The van der Waals surface area contributed by atoms with E-state index in [1.165, 1.54) is 11.8 Å². The lowest BCUT2D eigenvalue weighted by Gasteiger charge is -2.19. The molecule has 1 unspecified atom stereocenters. The van der Waals surface area contributed by atoms with Crippen LogP contribution in [0.3, 0.4) is 0 Å². The third-order valence-electron chi connectivity index (χ3n) is 3.59. The monoisotopic (exact) mass is 353 g/mol. The van der Waals surface area contributed by atoms with Gasteiger partial charge in [0.25, 0.3) is 5.91 Å². The Kier molecular flexibility index (Phi) is 6.07. The van der Waals surface area contributed by atoms with Crippen LogP contribution < -0.4 is 5.32 Å². The number of amidine groups is 1. The van der Waals surface area contributed by atoms with Crippen LogP contribution in [0.2, 0.25) is 5.02 Å². The maximum Gasteiger partial charge on any atom is 0.262 e. The van der Waals surface area contributed by atoms with Gasteiger partial charge in [0.1, 0.15) is 5.25 Å². The Hall–Kier alpha value is -1.53. The molecule has 23 heavy (non-hydrogen) atoms. The number of carbonyl (C=O) groups is 2. The highest BCUT2D eigenvalue weighted by Gasteiger charge is 2.32. The standard InChI is InChI=1S/C16H20ClN3O2S/c1-4-20(5-2)16-19-15(22)13(23-16)9-14(21)18-11-7-6-10(3)12(17)8-11/h6-8,13H,4-5,9H2,1-3H3,(H,18,21). The van der Waals surface area contributed by atoms with Crippen molar-refractivity contribution in [2.75, 3.05) is 18.4 Å². The molecule has 0 aliphatic carbocycles. The van der Waals surface area contributed by atoms with E-state index in [2.05, 4.69) is 10.3 Å². The number of rotatable bonds is 5. The maximum absolute atomic E-state index is 12.1. The Morgan fingerprint density at radius 3 is 2.70 bits per heavy atom. The Morgan fingerprint density at radius 2 is 2.09 bits per heavy atom. The molecule has 0 fully saturated rings. The molecule has 0 bridgehead atoms. The molecule has 7 heteroatoms. The highest BCUT2D eigenvalue weighted by Crippen LogP contribution is 2.27. The number of hydrogen-bond donors (Lipinski definition) is 1. The molecule has 2 rings (SSSR count). The first-order chi connectivity index (χ1) is 10.9. The number of nitrogens with one attached hydrogen (secondary N) is 1. The number of aliphatic imine (C=N–C) groups is 1. The van der Waals surface area contributed by atoms with Gasteiger partial charge in [0, 0.05) is 30.2 Å². The number of anilines is 1. The molecule has 5 nitrogen and oxygen atoms in total. The maximum atomic E-state index is 12.1. The molecular weight excluding hydrogens is 334 g/mol. The van der Waals surface area contributed by atoms with Gasteiger partial charge in [-0.25, -0.2) is 0 Å². The van der Waals surface area contributed by atoms with Crippen molar-refractivity contribution >= 4 is 46.0 Å². The normalized spacial score (nSPS) is 17.1. The first kappa shape index (κ1) is 17.8. The molecule has 1 aromatic carbocycles. The third-order valence-corrected chi connectivity index (χ3v) is 5.21. The number of aryl methyl sites for hydroxylation is 1. The molecule has 0 spiro atoms. The van der Waals surface area contributed by atoms with Crippen molar-refractivity contribution in [2.24, 2.45) is 4.99 Å². The van der Waals surface area contributed by atoms with Gasteiger partial charge in [-0.05, 0) is 38.5 Å². The molecule has 0 saturated heterocycles. The largest absolute Gasteiger partial charge is 0.352 e. The Bertz CT molecular complexity index is 644. The third kappa shape index (κ3) is 4.48. The molecular formula is C16H20ClN3O2S. The Labute approximate surface area is 145 Å². The summed E-state index contributed by atoms with van der Waals surface area (Å²) in [6.07, 6.45) is 0.100. The number of benzene rings is 1. The Balaban J connectivity index is 1.94. The fourth-order valence-corrected chi connectivity index (χ4v) is 3.56. The molecule has 2 amide bonds. The number of thioether (sulfide) groups is 1. The average molecular weight is 354 g/mol. The molecule has 0 saturated carbocycles.